The van der Waals surface area contributed by atoms with Crippen LogP contribution >= 0.6 is 0 Å². The predicted octanol–water partition coefficient (Wildman–Crippen LogP) is 3.56. The molecule has 1 aliphatic heterocycles. The van der Waals surface area contributed by atoms with Crippen molar-refractivity contribution in [1.29, 1.82) is 0 Å². The van der Waals surface area contributed by atoms with E-state index in [0.717, 1.165) is 30.0 Å². The summed E-state index contributed by atoms with van der Waals surface area (Å²) in [6, 6.07) is 9.43. The standard InChI is InChI=1S/C21H28FN5/c1-15-6-8-18(12-19(15)22)16(2)26-21(23-3)25-14-17-7-9-20(24-13-17)27-10-4-5-11-27/h6-9,12-13,16H,4-5,10-11,14H2,1-3H3,(H2,23,25,26). The quantitative estimate of drug-likeness (QED) is 0.625. The molecule has 1 aromatic carbocycles. The van der Waals surface area contributed by atoms with E-state index >= 15 is 0 Å². The molecule has 3 rings (SSSR count). The van der Waals surface area contributed by atoms with Crippen LogP contribution in [-0.2, 0) is 6.54 Å². The van der Waals surface area contributed by atoms with E-state index < -0.39 is 0 Å². The zero-order valence-corrected chi connectivity index (χ0v) is 16.3. The third-order valence-electron chi connectivity index (χ3n) is 4.97. The van der Waals surface area contributed by atoms with Gasteiger partial charge < -0.3 is 15.5 Å². The van der Waals surface area contributed by atoms with Gasteiger partial charge in [-0.3, -0.25) is 4.99 Å². The van der Waals surface area contributed by atoms with Gasteiger partial charge in [0.05, 0.1) is 6.04 Å². The Morgan fingerprint density at radius 2 is 2.04 bits per heavy atom. The molecule has 1 aromatic heterocycles. The van der Waals surface area contributed by atoms with Crippen molar-refractivity contribution in [3.63, 3.8) is 0 Å². The van der Waals surface area contributed by atoms with Crippen LogP contribution in [0.2, 0.25) is 0 Å². The van der Waals surface area contributed by atoms with Crippen LogP contribution in [-0.4, -0.2) is 31.1 Å². The lowest BCUT2D eigenvalue weighted by Crippen LogP contribution is -2.38. The molecular formula is C21H28FN5. The van der Waals surface area contributed by atoms with Crippen molar-refractivity contribution in [2.75, 3.05) is 25.0 Å². The Labute approximate surface area is 160 Å². The minimum Gasteiger partial charge on any atom is -0.357 e. The second kappa shape index (κ2) is 8.84. The predicted molar refractivity (Wildman–Crippen MR) is 109 cm³/mol. The van der Waals surface area contributed by atoms with E-state index in [0.29, 0.717) is 18.1 Å². The van der Waals surface area contributed by atoms with Gasteiger partial charge in [0.15, 0.2) is 5.96 Å². The molecule has 0 radical (unpaired) electrons. The summed E-state index contributed by atoms with van der Waals surface area (Å²) in [6.07, 6.45) is 4.40. The first-order valence-electron chi connectivity index (χ1n) is 9.50. The molecule has 144 valence electrons. The van der Waals surface area contributed by atoms with Crippen LogP contribution in [0.1, 0.15) is 42.5 Å². The lowest BCUT2D eigenvalue weighted by Gasteiger charge is -2.19. The van der Waals surface area contributed by atoms with E-state index in [-0.39, 0.29) is 11.9 Å². The highest BCUT2D eigenvalue weighted by Gasteiger charge is 2.13. The average molecular weight is 369 g/mol. The number of hydrogen-bond donors (Lipinski definition) is 2. The number of aliphatic imine (C=N–C) groups is 1. The number of benzene rings is 1. The van der Waals surface area contributed by atoms with Gasteiger partial charge in [0, 0.05) is 32.9 Å². The fourth-order valence-corrected chi connectivity index (χ4v) is 3.20. The monoisotopic (exact) mass is 369 g/mol. The Morgan fingerprint density at radius 3 is 2.67 bits per heavy atom. The highest BCUT2D eigenvalue weighted by Crippen LogP contribution is 2.18. The number of rotatable bonds is 5. The Bertz CT molecular complexity index is 782. The second-order valence-corrected chi connectivity index (χ2v) is 7.02. The van der Waals surface area contributed by atoms with Crippen molar-refractivity contribution < 1.29 is 4.39 Å². The zero-order valence-electron chi connectivity index (χ0n) is 16.3. The van der Waals surface area contributed by atoms with Gasteiger partial charge in [-0.25, -0.2) is 9.37 Å². The number of nitrogens with one attached hydrogen (secondary N) is 2. The fraction of sp³-hybridized carbons (Fsp3) is 0.429. The van der Waals surface area contributed by atoms with Crippen LogP contribution in [0.3, 0.4) is 0 Å². The molecule has 1 aliphatic rings. The number of nitrogens with zero attached hydrogens (tertiary/aromatic N) is 3. The van der Waals surface area contributed by atoms with Crippen LogP contribution in [0.4, 0.5) is 10.2 Å². The van der Waals surface area contributed by atoms with Crippen LogP contribution in [0.25, 0.3) is 0 Å². The summed E-state index contributed by atoms with van der Waals surface area (Å²) in [5, 5.41) is 6.59. The molecule has 0 aliphatic carbocycles. The average Bonchev–Trinajstić information content (AvgIpc) is 3.22. The molecule has 1 atom stereocenters. The van der Waals surface area contributed by atoms with Crippen molar-refractivity contribution >= 4 is 11.8 Å². The minimum absolute atomic E-state index is 0.0537. The molecule has 0 saturated carbocycles. The molecule has 1 unspecified atom stereocenters. The van der Waals surface area contributed by atoms with Gasteiger partial charge in [-0.2, -0.15) is 0 Å². The first-order valence-corrected chi connectivity index (χ1v) is 9.50. The zero-order chi connectivity index (χ0) is 19.2. The Hall–Kier alpha value is -2.63. The van der Waals surface area contributed by atoms with Gasteiger partial charge in [-0.05, 0) is 55.5 Å². The first-order chi connectivity index (χ1) is 13.1. The Kier molecular flexibility index (Phi) is 6.27. The minimum atomic E-state index is -0.187. The van der Waals surface area contributed by atoms with Crippen LogP contribution in [0, 0.1) is 12.7 Å². The molecule has 6 heteroatoms. The summed E-state index contributed by atoms with van der Waals surface area (Å²) in [5.74, 6) is 1.54. The molecular weight excluding hydrogens is 341 g/mol. The van der Waals surface area contributed by atoms with Crippen LogP contribution in [0.15, 0.2) is 41.5 Å². The first kappa shape index (κ1) is 19.1. The highest BCUT2D eigenvalue weighted by atomic mass is 19.1. The molecule has 5 nitrogen and oxygen atoms in total. The maximum Gasteiger partial charge on any atom is 0.191 e. The van der Waals surface area contributed by atoms with Crippen LogP contribution < -0.4 is 15.5 Å². The number of pyridine rings is 1. The third-order valence-corrected chi connectivity index (χ3v) is 4.97. The van der Waals surface area contributed by atoms with E-state index in [1.807, 2.05) is 19.2 Å². The summed E-state index contributed by atoms with van der Waals surface area (Å²) in [5.41, 5.74) is 2.63. The SMILES string of the molecule is CN=C(NCc1ccc(N2CCCC2)nc1)NC(C)c1ccc(C)c(F)c1. The molecule has 0 bridgehead atoms. The Morgan fingerprint density at radius 1 is 1.26 bits per heavy atom. The topological polar surface area (TPSA) is 52.6 Å². The normalized spacial score (nSPS) is 15.7. The van der Waals surface area contributed by atoms with Gasteiger partial charge in [0.25, 0.3) is 0 Å². The van der Waals surface area contributed by atoms with Crippen molar-refractivity contribution in [3.8, 4) is 0 Å². The van der Waals surface area contributed by atoms with Crippen LogP contribution in [0.5, 0.6) is 0 Å². The summed E-state index contributed by atoms with van der Waals surface area (Å²) >= 11 is 0. The van der Waals surface area contributed by atoms with Gasteiger partial charge in [-0.1, -0.05) is 18.2 Å². The number of anilines is 1. The summed E-state index contributed by atoms with van der Waals surface area (Å²) in [7, 11) is 1.73. The van der Waals surface area contributed by atoms with Crippen molar-refractivity contribution in [3.05, 3.63) is 59.0 Å². The van der Waals surface area contributed by atoms with Crippen molar-refractivity contribution in [1.82, 2.24) is 15.6 Å². The van der Waals surface area contributed by atoms with Gasteiger partial charge in [0.1, 0.15) is 11.6 Å². The van der Waals surface area contributed by atoms with Gasteiger partial charge in [0.2, 0.25) is 0 Å². The number of aryl methyl sites for hydroxylation is 1. The molecule has 0 amide bonds. The highest BCUT2D eigenvalue weighted by molar-refractivity contribution is 5.80. The van der Waals surface area contributed by atoms with E-state index in [2.05, 4.69) is 37.6 Å². The summed E-state index contributed by atoms with van der Waals surface area (Å²) in [6.45, 7) is 6.57. The lowest BCUT2D eigenvalue weighted by molar-refractivity contribution is 0.607. The van der Waals surface area contributed by atoms with Gasteiger partial charge >= 0.3 is 0 Å². The summed E-state index contributed by atoms with van der Waals surface area (Å²) < 4.78 is 13.8. The Balaban J connectivity index is 1.54. The molecule has 2 heterocycles. The van der Waals surface area contributed by atoms with Gasteiger partial charge in [-0.15, -0.1) is 0 Å². The number of hydrogen-bond acceptors (Lipinski definition) is 3. The van der Waals surface area contributed by atoms with Crippen molar-refractivity contribution in [2.24, 2.45) is 4.99 Å². The maximum absolute atomic E-state index is 13.8. The second-order valence-electron chi connectivity index (χ2n) is 7.02. The lowest BCUT2D eigenvalue weighted by atomic mass is 10.1. The third kappa shape index (κ3) is 4.96. The van der Waals surface area contributed by atoms with E-state index in [1.165, 1.54) is 12.8 Å². The number of halogens is 1. The number of guanidine groups is 1. The fourth-order valence-electron chi connectivity index (χ4n) is 3.20. The smallest absolute Gasteiger partial charge is 0.191 e. The summed E-state index contributed by atoms with van der Waals surface area (Å²) in [4.78, 5) is 11.2. The maximum atomic E-state index is 13.8. The van der Waals surface area contributed by atoms with E-state index in [1.54, 1.807) is 26.1 Å². The van der Waals surface area contributed by atoms with Crippen molar-refractivity contribution in [2.45, 2.75) is 39.3 Å². The largest absolute Gasteiger partial charge is 0.357 e. The molecule has 1 saturated heterocycles. The molecule has 1 fully saturated rings. The molecule has 2 N–H and O–H groups in total. The molecule has 27 heavy (non-hydrogen) atoms. The van der Waals surface area contributed by atoms with E-state index in [4.69, 9.17) is 0 Å². The van der Waals surface area contributed by atoms with E-state index in [9.17, 15) is 4.39 Å². The number of aromatic nitrogens is 1. The molecule has 0 spiro atoms. The molecule has 2 aromatic rings.